The van der Waals surface area contributed by atoms with Crippen molar-refractivity contribution >= 4 is 25.2 Å². The van der Waals surface area contributed by atoms with Gasteiger partial charge in [0.25, 0.3) is 0 Å². The van der Waals surface area contributed by atoms with E-state index in [1.165, 1.54) is 0 Å². The standard InChI is InChI=1S/C18H12B2O4/c1-3-7-13(8-4-1)19-21-15-11-17-18(12-16(15)22-19)24-20(23-17)14-9-5-2-6-10-14/h1-12H. The third kappa shape index (κ3) is 2.19. The average molecular weight is 314 g/mol. The van der Waals surface area contributed by atoms with E-state index in [-0.39, 0.29) is 0 Å². The van der Waals surface area contributed by atoms with Crippen molar-refractivity contribution in [2.45, 2.75) is 0 Å². The van der Waals surface area contributed by atoms with E-state index in [4.69, 9.17) is 18.6 Å². The molecule has 4 nitrogen and oxygen atoms in total. The zero-order chi connectivity index (χ0) is 15.9. The van der Waals surface area contributed by atoms with Gasteiger partial charge in [-0.25, -0.2) is 0 Å². The fourth-order valence-corrected chi connectivity index (χ4v) is 2.89. The van der Waals surface area contributed by atoms with Gasteiger partial charge < -0.3 is 18.6 Å². The minimum atomic E-state index is -0.436. The lowest BCUT2D eigenvalue weighted by Gasteiger charge is -2.04. The molecule has 0 N–H and O–H groups in total. The number of hydrogen-bond acceptors (Lipinski definition) is 4. The highest BCUT2D eigenvalue weighted by molar-refractivity contribution is 6.64. The van der Waals surface area contributed by atoms with E-state index < -0.39 is 14.2 Å². The van der Waals surface area contributed by atoms with Gasteiger partial charge in [-0.05, 0) is 0 Å². The van der Waals surface area contributed by atoms with Crippen molar-refractivity contribution in [3.05, 3.63) is 72.8 Å². The monoisotopic (exact) mass is 314 g/mol. The normalized spacial score (nSPS) is 14.2. The van der Waals surface area contributed by atoms with Gasteiger partial charge in [-0.1, -0.05) is 60.7 Å². The molecule has 0 aromatic heterocycles. The molecule has 0 saturated carbocycles. The lowest BCUT2D eigenvalue weighted by atomic mass is 9.79. The van der Waals surface area contributed by atoms with Crippen molar-refractivity contribution in [1.82, 2.24) is 0 Å². The molecule has 0 atom stereocenters. The van der Waals surface area contributed by atoms with E-state index in [1.807, 2.05) is 72.8 Å². The topological polar surface area (TPSA) is 36.9 Å². The molecule has 0 radical (unpaired) electrons. The molecule has 0 bridgehead atoms. The summed E-state index contributed by atoms with van der Waals surface area (Å²) in [5.41, 5.74) is 1.94. The summed E-state index contributed by atoms with van der Waals surface area (Å²) in [7, 11) is -0.873. The number of rotatable bonds is 2. The van der Waals surface area contributed by atoms with E-state index in [1.54, 1.807) is 0 Å². The van der Waals surface area contributed by atoms with Gasteiger partial charge >= 0.3 is 14.2 Å². The highest BCUT2D eigenvalue weighted by Gasteiger charge is 2.39. The second-order valence-corrected chi connectivity index (χ2v) is 5.70. The van der Waals surface area contributed by atoms with Crippen molar-refractivity contribution in [3.8, 4) is 23.0 Å². The summed E-state index contributed by atoms with van der Waals surface area (Å²) in [6.07, 6.45) is 0. The van der Waals surface area contributed by atoms with Crippen LogP contribution in [-0.2, 0) is 0 Å². The Kier molecular flexibility index (Phi) is 2.95. The van der Waals surface area contributed by atoms with Gasteiger partial charge in [0.15, 0.2) is 0 Å². The van der Waals surface area contributed by atoms with Gasteiger partial charge in [-0.2, -0.15) is 0 Å². The second kappa shape index (κ2) is 5.27. The van der Waals surface area contributed by atoms with E-state index in [0.29, 0.717) is 23.0 Å². The van der Waals surface area contributed by atoms with E-state index in [9.17, 15) is 0 Å². The Balaban J connectivity index is 1.41. The SMILES string of the molecule is c1ccc(B2Oc3cc4c(cc3O2)OB(c2ccccc2)O4)cc1. The largest absolute Gasteiger partial charge is 0.632 e. The molecule has 0 amide bonds. The molecule has 0 saturated heterocycles. The van der Waals surface area contributed by atoms with E-state index in [0.717, 1.165) is 10.9 Å². The molecule has 6 heteroatoms. The summed E-state index contributed by atoms with van der Waals surface area (Å²) in [5, 5.41) is 0. The molecule has 3 aromatic carbocycles. The minimum Gasteiger partial charge on any atom is -0.519 e. The van der Waals surface area contributed by atoms with Crippen LogP contribution in [0, 0.1) is 0 Å². The molecule has 5 rings (SSSR count). The molecule has 3 aromatic rings. The molecule has 2 aliphatic heterocycles. The average Bonchev–Trinajstić information content (AvgIpc) is 3.24. The zero-order valence-corrected chi connectivity index (χ0v) is 12.7. The molecule has 0 aliphatic carbocycles. The van der Waals surface area contributed by atoms with Crippen LogP contribution in [0.25, 0.3) is 0 Å². The third-order valence-corrected chi connectivity index (χ3v) is 4.09. The molecule has 114 valence electrons. The zero-order valence-electron chi connectivity index (χ0n) is 12.7. The van der Waals surface area contributed by atoms with Crippen LogP contribution in [0.4, 0.5) is 0 Å². The van der Waals surface area contributed by atoms with Crippen molar-refractivity contribution in [3.63, 3.8) is 0 Å². The van der Waals surface area contributed by atoms with Crippen molar-refractivity contribution < 1.29 is 18.6 Å². The fraction of sp³-hybridized carbons (Fsp3) is 0. The van der Waals surface area contributed by atoms with E-state index >= 15 is 0 Å². The molecule has 24 heavy (non-hydrogen) atoms. The van der Waals surface area contributed by atoms with Crippen LogP contribution < -0.4 is 29.5 Å². The Morgan fingerprint density at radius 3 is 1.12 bits per heavy atom. The Hall–Kier alpha value is -3.01. The van der Waals surface area contributed by atoms with Crippen LogP contribution in [0.5, 0.6) is 23.0 Å². The molecule has 0 spiro atoms. The lowest BCUT2D eigenvalue weighted by molar-refractivity contribution is 0.506. The van der Waals surface area contributed by atoms with Gasteiger partial charge in [-0.15, -0.1) is 0 Å². The Bertz CT molecular complexity index is 781. The summed E-state index contributed by atoms with van der Waals surface area (Å²) in [4.78, 5) is 0. The highest BCUT2D eigenvalue weighted by atomic mass is 16.6. The smallest absolute Gasteiger partial charge is 0.519 e. The van der Waals surface area contributed by atoms with Gasteiger partial charge in [0.2, 0.25) is 0 Å². The quantitative estimate of drug-likeness (QED) is 0.678. The van der Waals surface area contributed by atoms with Crippen LogP contribution in [0.15, 0.2) is 72.8 Å². The van der Waals surface area contributed by atoms with Crippen LogP contribution in [0.3, 0.4) is 0 Å². The first-order valence-corrected chi connectivity index (χ1v) is 7.81. The first kappa shape index (κ1) is 13.4. The maximum atomic E-state index is 5.90. The van der Waals surface area contributed by atoms with E-state index in [2.05, 4.69) is 0 Å². The Morgan fingerprint density at radius 1 is 0.458 bits per heavy atom. The van der Waals surface area contributed by atoms with Crippen molar-refractivity contribution in [1.29, 1.82) is 0 Å². The summed E-state index contributed by atoms with van der Waals surface area (Å²) >= 11 is 0. The van der Waals surface area contributed by atoms with Gasteiger partial charge in [0.05, 0.1) is 0 Å². The maximum absolute atomic E-state index is 5.90. The summed E-state index contributed by atoms with van der Waals surface area (Å²) < 4.78 is 23.6. The summed E-state index contributed by atoms with van der Waals surface area (Å²) in [5.74, 6) is 2.67. The van der Waals surface area contributed by atoms with Crippen molar-refractivity contribution in [2.24, 2.45) is 0 Å². The fourth-order valence-electron chi connectivity index (χ4n) is 2.89. The molecule has 0 fully saturated rings. The predicted octanol–water partition coefficient (Wildman–Crippen LogP) is 2.02. The third-order valence-electron chi connectivity index (χ3n) is 4.09. The van der Waals surface area contributed by atoms with Gasteiger partial charge in [0.1, 0.15) is 23.0 Å². The maximum Gasteiger partial charge on any atom is 0.632 e. The molecule has 2 heterocycles. The first-order chi connectivity index (χ1) is 11.9. The van der Waals surface area contributed by atoms with Gasteiger partial charge in [0, 0.05) is 23.1 Å². The number of hydrogen-bond donors (Lipinski definition) is 0. The van der Waals surface area contributed by atoms with Gasteiger partial charge in [-0.3, -0.25) is 0 Å². The molecular formula is C18H12B2O4. The second-order valence-electron chi connectivity index (χ2n) is 5.70. The highest BCUT2D eigenvalue weighted by Crippen LogP contribution is 2.45. The molecule has 2 aliphatic rings. The van der Waals surface area contributed by atoms with Crippen LogP contribution in [-0.4, -0.2) is 14.2 Å². The van der Waals surface area contributed by atoms with Crippen LogP contribution in [0.1, 0.15) is 0 Å². The number of benzene rings is 3. The molecule has 0 unspecified atom stereocenters. The summed E-state index contributed by atoms with van der Waals surface area (Å²) in [6.45, 7) is 0. The first-order valence-electron chi connectivity index (χ1n) is 7.81. The predicted molar refractivity (Wildman–Crippen MR) is 92.6 cm³/mol. The summed E-state index contributed by atoms with van der Waals surface area (Å²) in [6, 6.07) is 23.3. The number of fused-ring (bicyclic) bond motifs is 2. The molecular weight excluding hydrogens is 302 g/mol. The Labute approximate surface area is 140 Å². The Morgan fingerprint density at radius 2 is 0.792 bits per heavy atom. The van der Waals surface area contributed by atoms with Crippen LogP contribution >= 0.6 is 0 Å². The lowest BCUT2D eigenvalue weighted by Crippen LogP contribution is -2.39. The van der Waals surface area contributed by atoms with Crippen molar-refractivity contribution in [2.75, 3.05) is 0 Å². The van der Waals surface area contributed by atoms with Crippen LogP contribution in [0.2, 0.25) is 0 Å². The minimum absolute atomic E-state index is 0.436.